The van der Waals surface area contributed by atoms with Crippen LogP contribution in [0.2, 0.25) is 0 Å². The zero-order valence-corrected chi connectivity index (χ0v) is 18.3. The molecule has 5 rings (SSSR count). The lowest BCUT2D eigenvalue weighted by Crippen LogP contribution is -2.44. The summed E-state index contributed by atoms with van der Waals surface area (Å²) in [7, 11) is 1.44. The van der Waals surface area contributed by atoms with Crippen LogP contribution in [0.15, 0.2) is 36.4 Å². The molecule has 0 bridgehead atoms. The molecule has 1 N–H and O–H groups in total. The highest BCUT2D eigenvalue weighted by Gasteiger charge is 2.30. The van der Waals surface area contributed by atoms with Crippen LogP contribution in [-0.2, 0) is 16.1 Å². The van der Waals surface area contributed by atoms with Gasteiger partial charge in [0.15, 0.2) is 11.5 Å². The highest BCUT2D eigenvalue weighted by atomic mass is 16.7. The Kier molecular flexibility index (Phi) is 5.53. The van der Waals surface area contributed by atoms with Gasteiger partial charge in [0, 0.05) is 17.1 Å². The van der Waals surface area contributed by atoms with Crippen molar-refractivity contribution in [2.24, 2.45) is 0 Å². The molecule has 2 aliphatic rings. The van der Waals surface area contributed by atoms with Crippen molar-refractivity contribution in [3.05, 3.63) is 47.8 Å². The van der Waals surface area contributed by atoms with Gasteiger partial charge in [-0.1, -0.05) is 18.6 Å². The highest BCUT2D eigenvalue weighted by Crippen LogP contribution is 2.36. The molecule has 3 aromatic rings. The number of ether oxygens (including phenoxy) is 3. The van der Waals surface area contributed by atoms with Gasteiger partial charge < -0.3 is 19.5 Å². The van der Waals surface area contributed by atoms with E-state index in [1.807, 2.05) is 43.3 Å². The zero-order chi connectivity index (χ0) is 22.1. The van der Waals surface area contributed by atoms with Crippen molar-refractivity contribution in [2.75, 3.05) is 25.8 Å². The minimum absolute atomic E-state index is 0.194. The summed E-state index contributed by atoms with van der Waals surface area (Å²) < 4.78 is 16.0. The third-order valence-electron chi connectivity index (χ3n) is 6.04. The minimum atomic E-state index is -0.254. The number of hydrogen-bond donors (Lipinski definition) is 1. The van der Waals surface area contributed by atoms with E-state index in [0.29, 0.717) is 18.1 Å². The molecule has 1 saturated heterocycles. The van der Waals surface area contributed by atoms with Gasteiger partial charge >= 0.3 is 5.97 Å². The van der Waals surface area contributed by atoms with Gasteiger partial charge in [-0.15, -0.1) is 0 Å². The predicted molar refractivity (Wildman–Crippen MR) is 120 cm³/mol. The molecule has 0 amide bonds. The number of carbonyl (C=O) groups excluding carboxylic acids is 1. The van der Waals surface area contributed by atoms with Gasteiger partial charge in [0.2, 0.25) is 6.79 Å². The van der Waals surface area contributed by atoms with Crippen LogP contribution in [0, 0.1) is 6.92 Å². The van der Waals surface area contributed by atoms with Gasteiger partial charge in [-0.25, -0.2) is 9.97 Å². The van der Waals surface area contributed by atoms with Crippen molar-refractivity contribution in [1.82, 2.24) is 14.9 Å². The van der Waals surface area contributed by atoms with Crippen LogP contribution in [0.4, 0.5) is 11.5 Å². The summed E-state index contributed by atoms with van der Waals surface area (Å²) in [6.07, 6.45) is 2.86. The van der Waals surface area contributed by atoms with Crippen LogP contribution in [-0.4, -0.2) is 47.3 Å². The summed E-state index contributed by atoms with van der Waals surface area (Å²) >= 11 is 0. The van der Waals surface area contributed by atoms with E-state index < -0.39 is 0 Å². The summed E-state index contributed by atoms with van der Waals surface area (Å²) in [5, 5.41) is 4.37. The maximum Gasteiger partial charge on any atom is 0.323 e. The van der Waals surface area contributed by atoms with E-state index in [9.17, 15) is 4.79 Å². The smallest absolute Gasteiger partial charge is 0.323 e. The second-order valence-corrected chi connectivity index (χ2v) is 8.16. The van der Waals surface area contributed by atoms with Crippen LogP contribution in [0.25, 0.3) is 10.9 Å². The Balaban J connectivity index is 1.50. The molecule has 0 saturated carbocycles. The van der Waals surface area contributed by atoms with Crippen LogP contribution in [0.5, 0.6) is 11.5 Å². The number of rotatable bonds is 5. The molecule has 166 valence electrons. The van der Waals surface area contributed by atoms with Gasteiger partial charge in [0.1, 0.15) is 17.7 Å². The lowest BCUT2D eigenvalue weighted by Gasteiger charge is -2.33. The number of methoxy groups -OCH3 is 1. The maximum absolute atomic E-state index is 12.3. The molecule has 2 aromatic carbocycles. The van der Waals surface area contributed by atoms with E-state index in [0.717, 1.165) is 59.5 Å². The van der Waals surface area contributed by atoms with E-state index in [1.165, 1.54) is 7.11 Å². The first-order valence-corrected chi connectivity index (χ1v) is 10.9. The largest absolute Gasteiger partial charge is 0.468 e. The first-order chi connectivity index (χ1) is 15.6. The number of nitrogens with one attached hydrogen (secondary N) is 1. The molecule has 1 atom stereocenters. The number of carbonyl (C=O) groups is 1. The predicted octanol–water partition coefficient (Wildman–Crippen LogP) is 3.94. The van der Waals surface area contributed by atoms with Crippen molar-refractivity contribution >= 4 is 28.4 Å². The van der Waals surface area contributed by atoms with Crippen molar-refractivity contribution in [3.8, 4) is 11.5 Å². The molecule has 0 radical (unpaired) electrons. The highest BCUT2D eigenvalue weighted by molar-refractivity contribution is 5.92. The number of aromatic nitrogens is 2. The zero-order valence-electron chi connectivity index (χ0n) is 18.3. The third-order valence-corrected chi connectivity index (χ3v) is 6.04. The van der Waals surface area contributed by atoms with Gasteiger partial charge in [-0.05, 0) is 50.1 Å². The standard InChI is InChI=1S/C24H26N4O4/c1-15-6-5-7-17-22(15)26-21(13-28-11-4-3-8-18(28)24(29)30-2)27-23(17)25-16-9-10-19-20(12-16)32-14-31-19/h5-7,9-10,12,18H,3-4,8,11,13-14H2,1-2H3,(H,25,26,27). The number of anilines is 2. The number of likely N-dealkylation sites (tertiary alicyclic amines) is 1. The fraction of sp³-hybridized carbons (Fsp3) is 0.375. The monoisotopic (exact) mass is 434 g/mol. The Morgan fingerprint density at radius 3 is 2.94 bits per heavy atom. The minimum Gasteiger partial charge on any atom is -0.468 e. The molecule has 1 unspecified atom stereocenters. The first-order valence-electron chi connectivity index (χ1n) is 10.9. The Morgan fingerprint density at radius 2 is 2.06 bits per heavy atom. The van der Waals surface area contributed by atoms with Crippen LogP contribution < -0.4 is 14.8 Å². The molecule has 3 heterocycles. The number of piperidine rings is 1. The number of para-hydroxylation sites is 1. The maximum atomic E-state index is 12.3. The average Bonchev–Trinajstić information content (AvgIpc) is 3.28. The number of esters is 1. The van der Waals surface area contributed by atoms with E-state index in [-0.39, 0.29) is 18.8 Å². The van der Waals surface area contributed by atoms with Crippen LogP contribution in [0.1, 0.15) is 30.7 Å². The van der Waals surface area contributed by atoms with E-state index >= 15 is 0 Å². The number of hydrogen-bond acceptors (Lipinski definition) is 8. The second-order valence-electron chi connectivity index (χ2n) is 8.16. The molecule has 2 aliphatic heterocycles. The molecule has 0 spiro atoms. The molecule has 1 aromatic heterocycles. The van der Waals surface area contributed by atoms with Gasteiger partial charge in [0.25, 0.3) is 0 Å². The number of fused-ring (bicyclic) bond motifs is 2. The molecular weight excluding hydrogens is 408 g/mol. The van der Waals surface area contributed by atoms with Crippen molar-refractivity contribution in [1.29, 1.82) is 0 Å². The summed E-state index contributed by atoms with van der Waals surface area (Å²) in [5.41, 5.74) is 2.82. The number of benzene rings is 2. The van der Waals surface area contributed by atoms with Crippen molar-refractivity contribution in [3.63, 3.8) is 0 Å². The van der Waals surface area contributed by atoms with Crippen molar-refractivity contribution < 1.29 is 19.0 Å². The quantitative estimate of drug-likeness (QED) is 0.605. The first kappa shape index (κ1) is 20.5. The van der Waals surface area contributed by atoms with Crippen LogP contribution >= 0.6 is 0 Å². The molecule has 32 heavy (non-hydrogen) atoms. The number of aryl methyl sites for hydroxylation is 1. The van der Waals surface area contributed by atoms with Crippen molar-refractivity contribution in [2.45, 2.75) is 38.8 Å². The van der Waals surface area contributed by atoms with E-state index in [1.54, 1.807) is 0 Å². The molecule has 1 fully saturated rings. The Labute approximate surface area is 186 Å². The van der Waals surface area contributed by atoms with E-state index in [2.05, 4.69) is 10.2 Å². The third kappa shape index (κ3) is 3.93. The summed E-state index contributed by atoms with van der Waals surface area (Å²) in [6.45, 7) is 3.58. The lowest BCUT2D eigenvalue weighted by molar-refractivity contribution is -0.148. The van der Waals surface area contributed by atoms with E-state index in [4.69, 9.17) is 24.2 Å². The lowest BCUT2D eigenvalue weighted by atomic mass is 10.0. The number of nitrogens with zero attached hydrogens (tertiary/aromatic N) is 3. The Bertz CT molecular complexity index is 1170. The fourth-order valence-corrected chi connectivity index (χ4v) is 4.38. The Hall–Kier alpha value is -3.39. The van der Waals surface area contributed by atoms with Gasteiger partial charge in [-0.3, -0.25) is 9.69 Å². The van der Waals surface area contributed by atoms with Crippen LogP contribution in [0.3, 0.4) is 0 Å². The van der Waals surface area contributed by atoms with Gasteiger partial charge in [-0.2, -0.15) is 0 Å². The molecule has 0 aliphatic carbocycles. The second kappa shape index (κ2) is 8.63. The summed E-state index contributed by atoms with van der Waals surface area (Å²) in [5.74, 6) is 2.64. The fourth-order valence-electron chi connectivity index (χ4n) is 4.38. The average molecular weight is 434 g/mol. The molecule has 8 nitrogen and oxygen atoms in total. The normalized spacial score (nSPS) is 18.0. The summed E-state index contributed by atoms with van der Waals surface area (Å²) in [4.78, 5) is 24.1. The molecule has 8 heteroatoms. The Morgan fingerprint density at radius 1 is 1.19 bits per heavy atom. The SMILES string of the molecule is COC(=O)C1CCCCN1Cc1nc(Nc2ccc3c(c2)OCO3)c2cccc(C)c2n1. The topological polar surface area (TPSA) is 85.8 Å². The summed E-state index contributed by atoms with van der Waals surface area (Å²) in [6, 6.07) is 11.5. The molecular formula is C24H26N4O4. The van der Waals surface area contributed by atoms with Gasteiger partial charge in [0.05, 0.1) is 19.2 Å².